The van der Waals surface area contributed by atoms with Crippen LogP contribution in [0.2, 0.25) is 0 Å². The monoisotopic (exact) mass is 469 g/mol. The second-order valence-corrected chi connectivity index (χ2v) is 10.9. The number of unbranched alkanes of at least 4 members (excludes halogenated alkanes) is 4. The molecule has 0 aliphatic heterocycles. The quantitative estimate of drug-likeness (QED) is 0.246. The summed E-state index contributed by atoms with van der Waals surface area (Å²) in [6.07, 6.45) is 10.7. The van der Waals surface area contributed by atoms with Gasteiger partial charge in [0.25, 0.3) is 10.0 Å². The number of hydrogen-bond donors (Lipinski definition) is 0. The van der Waals surface area contributed by atoms with Crippen LogP contribution in [-0.2, 0) is 16.6 Å². The van der Waals surface area contributed by atoms with E-state index in [1.165, 1.54) is 24.8 Å². The number of nitrogens with zero attached hydrogens (tertiary/aromatic N) is 1. The minimum atomic E-state index is -3.67. The van der Waals surface area contributed by atoms with Gasteiger partial charge in [-0.2, -0.15) is 0 Å². The Morgan fingerprint density at radius 1 is 0.727 bits per heavy atom. The molecule has 4 heteroatoms. The smallest absolute Gasteiger partial charge is 0.264 e. The van der Waals surface area contributed by atoms with E-state index < -0.39 is 10.0 Å². The van der Waals surface area contributed by atoms with Gasteiger partial charge in [-0.3, -0.25) is 4.31 Å². The van der Waals surface area contributed by atoms with Crippen molar-refractivity contribution < 1.29 is 8.42 Å². The first kappa shape index (κ1) is 27.2. The SMILES string of the molecule is CCCCCC/C(CCCC)=C(/CCC)N(Cc1ccccc1)S(=O)(=O)c1ccc(C)cc1. The first-order valence-corrected chi connectivity index (χ1v) is 14.2. The molecule has 0 saturated carbocycles. The van der Waals surface area contributed by atoms with E-state index in [1.807, 2.05) is 49.4 Å². The Hall–Kier alpha value is -2.07. The number of benzene rings is 2. The molecule has 0 aliphatic carbocycles. The maximum Gasteiger partial charge on any atom is 0.264 e. The third kappa shape index (κ3) is 8.33. The number of aryl methyl sites for hydroxylation is 1. The first-order valence-electron chi connectivity index (χ1n) is 12.8. The number of hydrogen-bond acceptors (Lipinski definition) is 2. The summed E-state index contributed by atoms with van der Waals surface area (Å²) in [5, 5.41) is 0. The summed E-state index contributed by atoms with van der Waals surface area (Å²) < 4.78 is 29.7. The van der Waals surface area contributed by atoms with E-state index in [2.05, 4.69) is 20.8 Å². The molecule has 33 heavy (non-hydrogen) atoms. The predicted octanol–water partition coefficient (Wildman–Crippen LogP) is 8.40. The molecule has 0 saturated heterocycles. The van der Waals surface area contributed by atoms with Crippen molar-refractivity contribution in [3.8, 4) is 0 Å². The normalized spacial score (nSPS) is 12.5. The Balaban J connectivity index is 2.57. The number of allylic oxidation sites excluding steroid dienone is 2. The summed E-state index contributed by atoms with van der Waals surface area (Å²) in [6.45, 7) is 8.94. The molecule has 0 atom stereocenters. The molecule has 0 aliphatic rings. The zero-order valence-electron chi connectivity index (χ0n) is 21.1. The summed E-state index contributed by atoms with van der Waals surface area (Å²) in [5.41, 5.74) is 4.43. The van der Waals surface area contributed by atoms with Crippen LogP contribution >= 0.6 is 0 Å². The van der Waals surface area contributed by atoms with E-state index in [0.29, 0.717) is 11.4 Å². The van der Waals surface area contributed by atoms with Crippen LogP contribution in [0.5, 0.6) is 0 Å². The molecule has 0 spiro atoms. The maximum atomic E-state index is 14.0. The van der Waals surface area contributed by atoms with Crippen molar-refractivity contribution in [3.05, 3.63) is 77.0 Å². The molecule has 0 radical (unpaired) electrons. The van der Waals surface area contributed by atoms with Gasteiger partial charge in [-0.25, -0.2) is 8.42 Å². The fraction of sp³-hybridized carbons (Fsp3) is 0.517. The Morgan fingerprint density at radius 2 is 1.36 bits per heavy atom. The maximum absolute atomic E-state index is 14.0. The van der Waals surface area contributed by atoms with Crippen molar-refractivity contribution in [2.24, 2.45) is 0 Å². The minimum Gasteiger partial charge on any atom is -0.266 e. The summed E-state index contributed by atoms with van der Waals surface area (Å²) in [6, 6.07) is 17.3. The highest BCUT2D eigenvalue weighted by atomic mass is 32.2. The molecule has 2 rings (SSSR count). The Kier molecular flexibility index (Phi) is 11.7. The van der Waals surface area contributed by atoms with Gasteiger partial charge in [0.15, 0.2) is 0 Å². The van der Waals surface area contributed by atoms with Crippen LogP contribution in [0.3, 0.4) is 0 Å². The Bertz CT molecular complexity index is 947. The van der Waals surface area contributed by atoms with Crippen LogP contribution in [0.1, 0.15) is 96.1 Å². The molecular formula is C29H43NO2S. The summed E-state index contributed by atoms with van der Waals surface area (Å²) in [4.78, 5) is 0.374. The zero-order valence-corrected chi connectivity index (χ0v) is 22.0. The molecule has 0 bridgehead atoms. The second-order valence-electron chi connectivity index (χ2n) is 9.02. The number of sulfonamides is 1. The average Bonchev–Trinajstić information content (AvgIpc) is 2.82. The second kappa shape index (κ2) is 14.2. The van der Waals surface area contributed by atoms with Gasteiger partial charge < -0.3 is 0 Å². The first-order chi connectivity index (χ1) is 15.9. The van der Waals surface area contributed by atoms with E-state index >= 15 is 0 Å². The molecule has 0 amide bonds. The Labute approximate surface area is 203 Å². The van der Waals surface area contributed by atoms with Gasteiger partial charge in [-0.15, -0.1) is 0 Å². The molecule has 0 unspecified atom stereocenters. The van der Waals surface area contributed by atoms with Crippen molar-refractivity contribution in [2.75, 3.05) is 0 Å². The molecule has 0 heterocycles. The predicted molar refractivity (Wildman–Crippen MR) is 141 cm³/mol. The van der Waals surface area contributed by atoms with E-state index in [-0.39, 0.29) is 0 Å². The largest absolute Gasteiger partial charge is 0.266 e. The van der Waals surface area contributed by atoms with Gasteiger partial charge in [-0.05, 0) is 62.3 Å². The van der Waals surface area contributed by atoms with Crippen molar-refractivity contribution in [2.45, 2.75) is 103 Å². The summed E-state index contributed by atoms with van der Waals surface area (Å²) >= 11 is 0. The molecule has 2 aromatic carbocycles. The van der Waals surface area contributed by atoms with Gasteiger partial charge in [-0.1, -0.05) is 101 Å². The highest BCUT2D eigenvalue weighted by Gasteiger charge is 2.28. The third-order valence-electron chi connectivity index (χ3n) is 6.14. The minimum absolute atomic E-state index is 0.372. The lowest BCUT2D eigenvalue weighted by atomic mass is 9.97. The summed E-state index contributed by atoms with van der Waals surface area (Å²) in [5.74, 6) is 0. The van der Waals surface area contributed by atoms with Gasteiger partial charge in [0.05, 0.1) is 11.4 Å². The van der Waals surface area contributed by atoms with E-state index in [0.717, 1.165) is 61.8 Å². The molecule has 182 valence electrons. The molecule has 3 nitrogen and oxygen atoms in total. The van der Waals surface area contributed by atoms with Crippen LogP contribution in [0.15, 0.2) is 70.8 Å². The van der Waals surface area contributed by atoms with Crippen LogP contribution in [0, 0.1) is 6.92 Å². The Morgan fingerprint density at radius 3 is 1.97 bits per heavy atom. The highest BCUT2D eigenvalue weighted by Crippen LogP contribution is 2.32. The third-order valence-corrected chi connectivity index (χ3v) is 7.94. The fourth-order valence-corrected chi connectivity index (χ4v) is 5.76. The van der Waals surface area contributed by atoms with E-state index in [1.54, 1.807) is 16.4 Å². The lowest BCUT2D eigenvalue weighted by molar-refractivity contribution is 0.446. The average molecular weight is 470 g/mol. The van der Waals surface area contributed by atoms with Crippen LogP contribution < -0.4 is 0 Å². The summed E-state index contributed by atoms with van der Waals surface area (Å²) in [7, 11) is -3.67. The van der Waals surface area contributed by atoms with E-state index in [4.69, 9.17) is 0 Å². The van der Waals surface area contributed by atoms with Crippen molar-refractivity contribution in [1.29, 1.82) is 0 Å². The van der Waals surface area contributed by atoms with Crippen molar-refractivity contribution in [1.82, 2.24) is 4.31 Å². The topological polar surface area (TPSA) is 37.4 Å². The van der Waals surface area contributed by atoms with Crippen molar-refractivity contribution in [3.63, 3.8) is 0 Å². The van der Waals surface area contributed by atoms with Crippen LogP contribution in [0.4, 0.5) is 0 Å². The van der Waals surface area contributed by atoms with Crippen LogP contribution in [0.25, 0.3) is 0 Å². The zero-order chi connectivity index (χ0) is 24.1. The van der Waals surface area contributed by atoms with Gasteiger partial charge in [0, 0.05) is 5.70 Å². The van der Waals surface area contributed by atoms with Crippen molar-refractivity contribution >= 4 is 10.0 Å². The van der Waals surface area contributed by atoms with Crippen LogP contribution in [-0.4, -0.2) is 12.7 Å². The molecule has 0 N–H and O–H groups in total. The number of rotatable bonds is 15. The standard InChI is InChI=1S/C29H43NO2S/c1-5-8-10-14-19-27(18-9-6-2)29(15-7-3)30(24-26-16-12-11-13-17-26)33(31,32)28-22-20-25(4)21-23-28/h11-13,16-17,20-23H,5-10,14-15,18-19,24H2,1-4H3/b29-27-. The lowest BCUT2D eigenvalue weighted by Crippen LogP contribution is -2.31. The lowest BCUT2D eigenvalue weighted by Gasteiger charge is -2.30. The molecule has 0 aromatic heterocycles. The molecule has 2 aromatic rings. The van der Waals surface area contributed by atoms with Gasteiger partial charge in [0.2, 0.25) is 0 Å². The van der Waals surface area contributed by atoms with E-state index in [9.17, 15) is 8.42 Å². The highest BCUT2D eigenvalue weighted by molar-refractivity contribution is 7.89. The molecule has 0 fully saturated rings. The van der Waals surface area contributed by atoms with Gasteiger partial charge >= 0.3 is 0 Å². The van der Waals surface area contributed by atoms with Gasteiger partial charge in [0.1, 0.15) is 0 Å². The molecular weight excluding hydrogens is 426 g/mol. The fourth-order valence-electron chi connectivity index (χ4n) is 4.20.